The molecular formula is C15H16BrNO. The molecule has 3 heteroatoms. The number of anilines is 1. The minimum absolute atomic E-state index is 0.244. The molecule has 3 aliphatic rings. The van der Waals surface area contributed by atoms with E-state index in [9.17, 15) is 4.79 Å². The Balaban J connectivity index is 1.48. The molecule has 3 aliphatic carbocycles. The number of para-hydroxylation sites is 1. The van der Waals surface area contributed by atoms with Crippen LogP contribution in [0.3, 0.4) is 0 Å². The number of carbonyl (C=O) groups excluding carboxylic acids is 1. The van der Waals surface area contributed by atoms with Crippen molar-refractivity contribution in [1.82, 2.24) is 0 Å². The quantitative estimate of drug-likeness (QED) is 0.887. The maximum Gasteiger partial charge on any atom is 0.228 e. The Hall–Kier alpha value is -0.830. The van der Waals surface area contributed by atoms with Crippen LogP contribution in [0.15, 0.2) is 28.7 Å². The first-order valence-corrected chi connectivity index (χ1v) is 7.60. The van der Waals surface area contributed by atoms with E-state index >= 15 is 0 Å². The standard InChI is InChI=1S/C15H16BrNO/c16-10-3-1-2-4-11(10)17-15(18)14-12-8-5-6-9(7-8)13(12)14/h1-4,8-9,12-14H,5-7H2,(H,17,18)/t8-,9-,12+,13+/m1/s1. The fourth-order valence-corrected chi connectivity index (χ4v) is 4.84. The number of fused-ring (bicyclic) bond motifs is 5. The summed E-state index contributed by atoms with van der Waals surface area (Å²) >= 11 is 3.48. The second-order valence-electron chi connectivity index (χ2n) is 5.98. The van der Waals surface area contributed by atoms with Crippen LogP contribution in [0.1, 0.15) is 19.3 Å². The van der Waals surface area contributed by atoms with Crippen LogP contribution >= 0.6 is 15.9 Å². The molecule has 0 heterocycles. The lowest BCUT2D eigenvalue weighted by molar-refractivity contribution is -0.118. The minimum Gasteiger partial charge on any atom is -0.325 e. The third kappa shape index (κ3) is 1.49. The predicted octanol–water partition coefficient (Wildman–Crippen LogP) is 3.68. The number of rotatable bonds is 2. The maximum atomic E-state index is 12.3. The highest BCUT2D eigenvalue weighted by Gasteiger charge is 2.67. The van der Waals surface area contributed by atoms with Gasteiger partial charge >= 0.3 is 0 Å². The fraction of sp³-hybridized carbons (Fsp3) is 0.533. The number of benzene rings is 1. The molecule has 1 amide bonds. The van der Waals surface area contributed by atoms with Gasteiger partial charge in [0.15, 0.2) is 0 Å². The van der Waals surface area contributed by atoms with Crippen LogP contribution in [0.25, 0.3) is 0 Å². The van der Waals surface area contributed by atoms with Crippen LogP contribution in [0.4, 0.5) is 5.69 Å². The summed E-state index contributed by atoms with van der Waals surface area (Å²) in [6.45, 7) is 0. The van der Waals surface area contributed by atoms with Crippen LogP contribution in [-0.4, -0.2) is 5.91 Å². The Bertz CT molecular complexity index is 499. The van der Waals surface area contributed by atoms with Gasteiger partial charge in [0.25, 0.3) is 0 Å². The van der Waals surface area contributed by atoms with Gasteiger partial charge in [-0.25, -0.2) is 0 Å². The van der Waals surface area contributed by atoms with Crippen molar-refractivity contribution in [3.63, 3.8) is 0 Å². The van der Waals surface area contributed by atoms with Crippen molar-refractivity contribution in [3.05, 3.63) is 28.7 Å². The molecule has 3 saturated carbocycles. The van der Waals surface area contributed by atoms with Gasteiger partial charge in [-0.3, -0.25) is 4.79 Å². The fourth-order valence-electron chi connectivity index (χ4n) is 4.45. The summed E-state index contributed by atoms with van der Waals surface area (Å²) in [6, 6.07) is 7.84. The molecule has 94 valence electrons. The van der Waals surface area contributed by atoms with E-state index in [0.29, 0.717) is 17.8 Å². The highest BCUT2D eigenvalue weighted by Crippen LogP contribution is 2.69. The average molecular weight is 306 g/mol. The molecular weight excluding hydrogens is 290 g/mol. The second kappa shape index (κ2) is 3.83. The summed E-state index contributed by atoms with van der Waals surface area (Å²) in [4.78, 5) is 12.3. The summed E-state index contributed by atoms with van der Waals surface area (Å²) < 4.78 is 0.965. The monoisotopic (exact) mass is 305 g/mol. The Morgan fingerprint density at radius 2 is 1.83 bits per heavy atom. The molecule has 3 fully saturated rings. The van der Waals surface area contributed by atoms with E-state index in [2.05, 4.69) is 21.2 Å². The molecule has 0 aliphatic heterocycles. The van der Waals surface area contributed by atoms with Crippen molar-refractivity contribution in [1.29, 1.82) is 0 Å². The summed E-state index contributed by atoms with van der Waals surface area (Å²) in [5.41, 5.74) is 0.903. The molecule has 0 radical (unpaired) electrons. The molecule has 2 bridgehead atoms. The van der Waals surface area contributed by atoms with Gasteiger partial charge in [0.05, 0.1) is 5.69 Å². The van der Waals surface area contributed by atoms with E-state index in [1.54, 1.807) is 0 Å². The van der Waals surface area contributed by atoms with E-state index in [1.807, 2.05) is 24.3 Å². The smallest absolute Gasteiger partial charge is 0.228 e. The zero-order chi connectivity index (χ0) is 12.3. The van der Waals surface area contributed by atoms with Crippen molar-refractivity contribution >= 4 is 27.5 Å². The van der Waals surface area contributed by atoms with Crippen LogP contribution in [0, 0.1) is 29.6 Å². The molecule has 4 rings (SSSR count). The molecule has 0 unspecified atom stereocenters. The zero-order valence-electron chi connectivity index (χ0n) is 10.1. The molecule has 0 spiro atoms. The summed E-state index contributed by atoms with van der Waals surface area (Å²) in [5.74, 6) is 3.69. The number of amides is 1. The number of carbonyl (C=O) groups is 1. The molecule has 18 heavy (non-hydrogen) atoms. The molecule has 0 aromatic heterocycles. The van der Waals surface area contributed by atoms with Crippen molar-refractivity contribution in [3.8, 4) is 0 Å². The lowest BCUT2D eigenvalue weighted by atomic mass is 10.0. The minimum atomic E-state index is 0.244. The van der Waals surface area contributed by atoms with Gasteiger partial charge < -0.3 is 5.32 Å². The van der Waals surface area contributed by atoms with E-state index in [1.165, 1.54) is 19.3 Å². The summed E-state index contributed by atoms with van der Waals surface area (Å²) in [6.07, 6.45) is 4.13. The molecule has 1 N–H and O–H groups in total. The zero-order valence-corrected chi connectivity index (χ0v) is 11.7. The highest BCUT2D eigenvalue weighted by molar-refractivity contribution is 9.10. The van der Waals surface area contributed by atoms with E-state index in [0.717, 1.165) is 22.0 Å². The van der Waals surface area contributed by atoms with Gasteiger partial charge in [0.1, 0.15) is 0 Å². The number of hydrogen-bond donors (Lipinski definition) is 1. The van der Waals surface area contributed by atoms with Crippen LogP contribution < -0.4 is 5.32 Å². The highest BCUT2D eigenvalue weighted by atomic mass is 79.9. The lowest BCUT2D eigenvalue weighted by Crippen LogP contribution is -2.18. The van der Waals surface area contributed by atoms with Gasteiger partial charge in [0, 0.05) is 10.4 Å². The third-order valence-corrected chi connectivity index (χ3v) is 5.86. The molecule has 4 atom stereocenters. The van der Waals surface area contributed by atoms with Crippen molar-refractivity contribution in [2.75, 3.05) is 5.32 Å². The number of hydrogen-bond acceptors (Lipinski definition) is 1. The van der Waals surface area contributed by atoms with E-state index < -0.39 is 0 Å². The first-order chi connectivity index (χ1) is 8.75. The topological polar surface area (TPSA) is 29.1 Å². The van der Waals surface area contributed by atoms with Gasteiger partial charge in [-0.1, -0.05) is 12.1 Å². The Labute approximate surface area is 115 Å². The largest absolute Gasteiger partial charge is 0.325 e. The Morgan fingerprint density at radius 1 is 1.17 bits per heavy atom. The van der Waals surface area contributed by atoms with Crippen LogP contribution in [-0.2, 0) is 4.79 Å². The second-order valence-corrected chi connectivity index (χ2v) is 6.84. The van der Waals surface area contributed by atoms with Crippen LogP contribution in [0.2, 0.25) is 0 Å². The van der Waals surface area contributed by atoms with Crippen molar-refractivity contribution < 1.29 is 4.79 Å². The lowest BCUT2D eigenvalue weighted by Gasteiger charge is -2.10. The predicted molar refractivity (Wildman–Crippen MR) is 74.1 cm³/mol. The molecule has 1 aromatic carbocycles. The third-order valence-electron chi connectivity index (χ3n) is 5.17. The number of halogens is 1. The van der Waals surface area contributed by atoms with Crippen molar-refractivity contribution in [2.24, 2.45) is 29.6 Å². The Kier molecular flexibility index (Phi) is 2.35. The van der Waals surface area contributed by atoms with Gasteiger partial charge in [-0.15, -0.1) is 0 Å². The first kappa shape index (κ1) is 11.0. The van der Waals surface area contributed by atoms with Crippen LogP contribution in [0.5, 0.6) is 0 Å². The van der Waals surface area contributed by atoms with Gasteiger partial charge in [0.2, 0.25) is 5.91 Å². The Morgan fingerprint density at radius 3 is 2.50 bits per heavy atom. The van der Waals surface area contributed by atoms with E-state index in [-0.39, 0.29) is 5.91 Å². The molecule has 1 aromatic rings. The van der Waals surface area contributed by atoms with E-state index in [4.69, 9.17) is 0 Å². The summed E-state index contributed by atoms with van der Waals surface area (Å²) in [5, 5.41) is 3.08. The first-order valence-electron chi connectivity index (χ1n) is 6.81. The molecule has 2 nitrogen and oxygen atoms in total. The SMILES string of the molecule is O=C(Nc1ccccc1Br)C1[C@H]2[C@@H]3CC[C@H](C3)[C@H]12. The number of nitrogens with one attached hydrogen (secondary N) is 1. The van der Waals surface area contributed by atoms with Gasteiger partial charge in [-0.05, 0) is 71.0 Å². The molecule has 0 saturated heterocycles. The van der Waals surface area contributed by atoms with Crippen molar-refractivity contribution in [2.45, 2.75) is 19.3 Å². The average Bonchev–Trinajstić information content (AvgIpc) is 2.82. The normalized spacial score (nSPS) is 39.5. The van der Waals surface area contributed by atoms with Gasteiger partial charge in [-0.2, -0.15) is 0 Å². The maximum absolute atomic E-state index is 12.3. The summed E-state index contributed by atoms with van der Waals surface area (Å²) in [7, 11) is 0.